The normalized spacial score (nSPS) is 9.12. The molecule has 0 fully saturated rings. The van der Waals surface area contributed by atoms with Crippen LogP contribution in [0.2, 0.25) is 0 Å². The van der Waals surface area contributed by atoms with Gasteiger partial charge in [0.2, 0.25) is 5.91 Å². The quantitative estimate of drug-likeness (QED) is 0.730. The van der Waals surface area contributed by atoms with E-state index in [1.54, 1.807) is 0 Å². The Balaban J connectivity index is 2.67. The van der Waals surface area contributed by atoms with E-state index in [9.17, 15) is 4.79 Å². The van der Waals surface area contributed by atoms with Gasteiger partial charge in [-0.25, -0.2) is 0 Å². The topological polar surface area (TPSA) is 67.9 Å². The summed E-state index contributed by atoms with van der Waals surface area (Å²) < 4.78 is 0. The van der Waals surface area contributed by atoms with Gasteiger partial charge in [-0.1, -0.05) is 29.8 Å². The third kappa shape index (κ3) is 3.96. The maximum Gasteiger partial charge on any atom is 0.228 e. The third-order valence-electron chi connectivity index (χ3n) is 2.35. The van der Waals surface area contributed by atoms with Crippen molar-refractivity contribution in [2.45, 2.75) is 13.3 Å². The highest BCUT2D eigenvalue weighted by Crippen LogP contribution is 2.05. The van der Waals surface area contributed by atoms with Gasteiger partial charge in [0.1, 0.15) is 13.1 Å². The van der Waals surface area contributed by atoms with E-state index in [1.807, 2.05) is 43.3 Å². The summed E-state index contributed by atoms with van der Waals surface area (Å²) in [6.07, 6.45) is 0.226. The minimum Gasteiger partial charge on any atom is -0.316 e. The van der Waals surface area contributed by atoms with E-state index in [0.29, 0.717) is 0 Å². The van der Waals surface area contributed by atoms with Crippen LogP contribution in [0, 0.1) is 29.6 Å². The van der Waals surface area contributed by atoms with Gasteiger partial charge in [0.15, 0.2) is 0 Å². The number of benzene rings is 1. The molecule has 0 unspecified atom stereocenters. The summed E-state index contributed by atoms with van der Waals surface area (Å²) in [6.45, 7) is 1.89. The molecular formula is C13H13N3O. The lowest BCUT2D eigenvalue weighted by atomic mass is 10.1. The van der Waals surface area contributed by atoms with E-state index in [-0.39, 0.29) is 25.4 Å². The van der Waals surface area contributed by atoms with Gasteiger partial charge in [-0.3, -0.25) is 4.79 Å². The number of hydrogen-bond acceptors (Lipinski definition) is 3. The Morgan fingerprint density at radius 2 is 1.71 bits per heavy atom. The molecule has 0 aliphatic heterocycles. The average Bonchev–Trinajstić information content (AvgIpc) is 2.32. The van der Waals surface area contributed by atoms with Crippen LogP contribution < -0.4 is 0 Å². The summed E-state index contributed by atoms with van der Waals surface area (Å²) >= 11 is 0. The van der Waals surface area contributed by atoms with Crippen LogP contribution in [0.4, 0.5) is 0 Å². The lowest BCUT2D eigenvalue weighted by Gasteiger charge is -2.15. The summed E-state index contributed by atoms with van der Waals surface area (Å²) in [6, 6.07) is 11.4. The van der Waals surface area contributed by atoms with Crippen LogP contribution in [0.5, 0.6) is 0 Å². The lowest BCUT2D eigenvalue weighted by molar-refractivity contribution is -0.129. The van der Waals surface area contributed by atoms with E-state index < -0.39 is 0 Å². The largest absolute Gasteiger partial charge is 0.316 e. The lowest BCUT2D eigenvalue weighted by Crippen LogP contribution is -2.33. The monoisotopic (exact) mass is 227 g/mol. The summed E-state index contributed by atoms with van der Waals surface area (Å²) in [5, 5.41) is 17.1. The Labute approximate surface area is 101 Å². The zero-order chi connectivity index (χ0) is 12.7. The molecule has 0 bridgehead atoms. The molecule has 0 atom stereocenters. The van der Waals surface area contributed by atoms with E-state index in [1.165, 1.54) is 4.90 Å². The average molecular weight is 227 g/mol. The minimum absolute atomic E-state index is 0.0434. The van der Waals surface area contributed by atoms with Crippen molar-refractivity contribution in [3.63, 3.8) is 0 Å². The first-order valence-corrected chi connectivity index (χ1v) is 5.24. The molecule has 0 saturated carbocycles. The Kier molecular flexibility index (Phi) is 4.72. The molecule has 4 heteroatoms. The Bertz CT molecular complexity index is 449. The summed E-state index contributed by atoms with van der Waals surface area (Å²) in [4.78, 5) is 13.1. The Morgan fingerprint density at radius 1 is 1.18 bits per heavy atom. The van der Waals surface area contributed by atoms with Crippen molar-refractivity contribution in [2.75, 3.05) is 13.1 Å². The highest BCUT2D eigenvalue weighted by atomic mass is 16.2. The van der Waals surface area contributed by atoms with Crippen LogP contribution in [0.1, 0.15) is 11.1 Å². The van der Waals surface area contributed by atoms with Gasteiger partial charge in [-0.05, 0) is 12.5 Å². The minimum atomic E-state index is -0.197. The summed E-state index contributed by atoms with van der Waals surface area (Å²) in [7, 11) is 0. The van der Waals surface area contributed by atoms with Crippen molar-refractivity contribution in [1.82, 2.24) is 4.90 Å². The van der Waals surface area contributed by atoms with Crippen molar-refractivity contribution in [3.8, 4) is 12.1 Å². The first-order chi connectivity index (χ1) is 8.17. The number of amides is 1. The third-order valence-corrected chi connectivity index (χ3v) is 2.35. The van der Waals surface area contributed by atoms with Gasteiger partial charge in [0.25, 0.3) is 0 Å². The predicted molar refractivity (Wildman–Crippen MR) is 62.7 cm³/mol. The fraction of sp³-hybridized carbons (Fsp3) is 0.308. The molecule has 0 aliphatic rings. The first-order valence-electron chi connectivity index (χ1n) is 5.24. The van der Waals surface area contributed by atoms with Gasteiger partial charge < -0.3 is 4.90 Å². The molecule has 0 heterocycles. The van der Waals surface area contributed by atoms with E-state index >= 15 is 0 Å². The number of nitrogens with zero attached hydrogens (tertiary/aromatic N) is 3. The fourth-order valence-electron chi connectivity index (χ4n) is 1.40. The highest BCUT2D eigenvalue weighted by molar-refractivity contribution is 5.79. The van der Waals surface area contributed by atoms with Crippen LogP contribution in [-0.2, 0) is 11.2 Å². The molecule has 0 spiro atoms. The van der Waals surface area contributed by atoms with Crippen molar-refractivity contribution < 1.29 is 4.79 Å². The zero-order valence-electron chi connectivity index (χ0n) is 9.68. The molecular weight excluding hydrogens is 214 g/mol. The second-order valence-corrected chi connectivity index (χ2v) is 3.73. The van der Waals surface area contributed by atoms with Crippen LogP contribution in [0.25, 0.3) is 0 Å². The smallest absolute Gasteiger partial charge is 0.228 e. The zero-order valence-corrected chi connectivity index (χ0v) is 9.68. The molecule has 1 amide bonds. The van der Waals surface area contributed by atoms with E-state index in [4.69, 9.17) is 10.5 Å². The number of nitriles is 2. The predicted octanol–water partition coefficient (Wildman–Crippen LogP) is 1.41. The standard InChI is InChI=1S/C13H13N3O/c1-11-2-4-12(5-3-11)10-13(17)16(8-6-14)9-7-15/h2-5H,8-10H2,1H3. The summed E-state index contributed by atoms with van der Waals surface area (Å²) in [5.41, 5.74) is 2.02. The molecule has 0 saturated heterocycles. The molecule has 4 nitrogen and oxygen atoms in total. The van der Waals surface area contributed by atoms with Crippen molar-refractivity contribution >= 4 is 5.91 Å². The molecule has 0 N–H and O–H groups in total. The maximum atomic E-state index is 11.8. The number of rotatable bonds is 4. The van der Waals surface area contributed by atoms with Crippen molar-refractivity contribution in [1.29, 1.82) is 10.5 Å². The van der Waals surface area contributed by atoms with Gasteiger partial charge >= 0.3 is 0 Å². The molecule has 1 aromatic carbocycles. The molecule has 0 aliphatic carbocycles. The number of carbonyl (C=O) groups is 1. The number of carbonyl (C=O) groups excluding carboxylic acids is 1. The number of aryl methyl sites for hydroxylation is 1. The molecule has 1 aromatic rings. The number of hydrogen-bond donors (Lipinski definition) is 0. The van der Waals surface area contributed by atoms with Gasteiger partial charge in [-0.15, -0.1) is 0 Å². The van der Waals surface area contributed by atoms with Crippen molar-refractivity contribution in [2.24, 2.45) is 0 Å². The van der Waals surface area contributed by atoms with Crippen LogP contribution >= 0.6 is 0 Å². The highest BCUT2D eigenvalue weighted by Gasteiger charge is 2.12. The molecule has 0 aromatic heterocycles. The Hall–Kier alpha value is -2.33. The van der Waals surface area contributed by atoms with Gasteiger partial charge in [-0.2, -0.15) is 10.5 Å². The van der Waals surface area contributed by atoms with Crippen LogP contribution in [0.3, 0.4) is 0 Å². The Morgan fingerprint density at radius 3 is 2.18 bits per heavy atom. The van der Waals surface area contributed by atoms with Crippen LogP contribution in [-0.4, -0.2) is 23.9 Å². The summed E-state index contributed by atoms with van der Waals surface area (Å²) in [5.74, 6) is -0.197. The molecule has 86 valence electrons. The first kappa shape index (κ1) is 12.7. The van der Waals surface area contributed by atoms with Crippen LogP contribution in [0.15, 0.2) is 24.3 Å². The van der Waals surface area contributed by atoms with E-state index in [2.05, 4.69) is 0 Å². The molecule has 0 radical (unpaired) electrons. The maximum absolute atomic E-state index is 11.8. The van der Waals surface area contributed by atoms with Gasteiger partial charge in [0.05, 0.1) is 18.6 Å². The molecule has 17 heavy (non-hydrogen) atoms. The fourth-order valence-corrected chi connectivity index (χ4v) is 1.40. The van der Waals surface area contributed by atoms with Crippen molar-refractivity contribution in [3.05, 3.63) is 35.4 Å². The van der Waals surface area contributed by atoms with Gasteiger partial charge in [0, 0.05) is 0 Å². The molecule has 1 rings (SSSR count). The van der Waals surface area contributed by atoms with E-state index in [0.717, 1.165) is 11.1 Å². The second-order valence-electron chi connectivity index (χ2n) is 3.73. The second kappa shape index (κ2) is 6.30. The SMILES string of the molecule is Cc1ccc(CC(=O)N(CC#N)CC#N)cc1.